The number of aryl methyl sites for hydroxylation is 4. The first kappa shape index (κ1) is 15.0. The van der Waals surface area contributed by atoms with Gasteiger partial charge in [-0.2, -0.15) is 0 Å². The second-order valence-corrected chi connectivity index (χ2v) is 6.74. The van der Waals surface area contributed by atoms with Crippen LogP contribution in [-0.4, -0.2) is 11.8 Å². The summed E-state index contributed by atoms with van der Waals surface area (Å²) >= 11 is 0. The fraction of sp³-hybridized carbons (Fsp3) is 0.263. The van der Waals surface area contributed by atoms with Gasteiger partial charge in [-0.15, -0.1) is 0 Å². The Hall–Kier alpha value is -2.56. The SMILES string of the molecule is CB1C=c2oc3nc(C)ccc3c2=CN1c1cc(C)c(C)c[n+]1C. The normalized spacial score (nSPS) is 13.7. The minimum Gasteiger partial charge on any atom is -0.439 e. The Morgan fingerprint density at radius 3 is 2.75 bits per heavy atom. The van der Waals surface area contributed by atoms with Crippen LogP contribution in [0, 0.1) is 20.8 Å². The smallest absolute Gasteiger partial charge is 0.405 e. The molecule has 1 aliphatic rings. The molecule has 0 N–H and O–H groups in total. The summed E-state index contributed by atoms with van der Waals surface area (Å²) in [6.45, 7) is 8.68. The van der Waals surface area contributed by atoms with Gasteiger partial charge < -0.3 is 4.42 Å². The van der Waals surface area contributed by atoms with E-state index in [1.165, 1.54) is 16.9 Å². The lowest BCUT2D eigenvalue weighted by atomic mass is 9.62. The lowest BCUT2D eigenvalue weighted by Crippen LogP contribution is -2.47. The van der Waals surface area contributed by atoms with E-state index in [0.717, 1.165) is 21.7 Å². The maximum atomic E-state index is 5.97. The van der Waals surface area contributed by atoms with Gasteiger partial charge in [0.25, 0.3) is 5.82 Å². The third-order valence-electron chi connectivity index (χ3n) is 4.84. The number of pyridine rings is 2. The van der Waals surface area contributed by atoms with Crippen LogP contribution in [0.1, 0.15) is 16.8 Å². The van der Waals surface area contributed by atoms with Crippen LogP contribution < -0.4 is 20.0 Å². The topological polar surface area (TPSA) is 33.2 Å². The van der Waals surface area contributed by atoms with E-state index < -0.39 is 0 Å². The van der Waals surface area contributed by atoms with E-state index >= 15 is 0 Å². The predicted molar refractivity (Wildman–Crippen MR) is 98.1 cm³/mol. The van der Waals surface area contributed by atoms with E-state index in [1.54, 1.807) is 0 Å². The maximum Gasteiger partial charge on any atom is 0.405 e. The quantitative estimate of drug-likeness (QED) is 0.506. The lowest BCUT2D eigenvalue weighted by molar-refractivity contribution is -0.658. The van der Waals surface area contributed by atoms with E-state index in [2.05, 4.69) is 72.6 Å². The summed E-state index contributed by atoms with van der Waals surface area (Å²) in [6, 6.07) is 6.37. The first-order valence-electron chi connectivity index (χ1n) is 8.29. The summed E-state index contributed by atoms with van der Waals surface area (Å²) < 4.78 is 8.15. The molecule has 4 heterocycles. The van der Waals surface area contributed by atoms with Crippen LogP contribution >= 0.6 is 0 Å². The Labute approximate surface area is 141 Å². The molecular weight excluding hydrogens is 297 g/mol. The van der Waals surface area contributed by atoms with Crippen LogP contribution in [-0.2, 0) is 7.05 Å². The number of fused-ring (bicyclic) bond motifs is 3. The molecule has 0 aliphatic carbocycles. The van der Waals surface area contributed by atoms with Crippen LogP contribution in [0.25, 0.3) is 23.3 Å². The Bertz CT molecular complexity index is 1080. The van der Waals surface area contributed by atoms with Crippen molar-refractivity contribution < 1.29 is 8.98 Å². The molecule has 0 aromatic carbocycles. The van der Waals surface area contributed by atoms with Crippen molar-refractivity contribution in [1.82, 2.24) is 4.98 Å². The van der Waals surface area contributed by atoms with Gasteiger partial charge in [-0.3, -0.25) is 4.81 Å². The van der Waals surface area contributed by atoms with Gasteiger partial charge >= 0.3 is 6.85 Å². The Morgan fingerprint density at radius 1 is 1.17 bits per heavy atom. The molecule has 120 valence electrons. The van der Waals surface area contributed by atoms with Crippen molar-refractivity contribution in [3.05, 3.63) is 51.9 Å². The van der Waals surface area contributed by atoms with Crippen LogP contribution in [0.2, 0.25) is 6.82 Å². The van der Waals surface area contributed by atoms with E-state index in [4.69, 9.17) is 4.42 Å². The van der Waals surface area contributed by atoms with Gasteiger partial charge in [-0.25, -0.2) is 9.55 Å². The summed E-state index contributed by atoms with van der Waals surface area (Å²) in [5.74, 6) is 3.34. The summed E-state index contributed by atoms with van der Waals surface area (Å²) in [6.07, 6.45) is 4.37. The molecule has 24 heavy (non-hydrogen) atoms. The highest BCUT2D eigenvalue weighted by atomic mass is 16.3. The Kier molecular flexibility index (Phi) is 3.27. The molecule has 0 amide bonds. The molecule has 5 heteroatoms. The van der Waals surface area contributed by atoms with Crippen molar-refractivity contribution in [3.8, 4) is 0 Å². The Morgan fingerprint density at radius 2 is 1.96 bits per heavy atom. The van der Waals surface area contributed by atoms with Crippen molar-refractivity contribution in [2.24, 2.45) is 7.05 Å². The summed E-state index contributed by atoms with van der Waals surface area (Å²) in [5.41, 5.74) is 5.19. The number of anilines is 1. The lowest BCUT2D eigenvalue weighted by Gasteiger charge is -2.19. The standard InChI is InChI=1S/C19H21BN3O/c1-12-8-18(22(5)10-13(12)2)23-11-16-15-7-6-14(3)21-19(15)24-17(16)9-20(23)4/h6-11H,1-5H3/q+1. The van der Waals surface area contributed by atoms with Crippen molar-refractivity contribution >= 4 is 35.9 Å². The largest absolute Gasteiger partial charge is 0.439 e. The van der Waals surface area contributed by atoms with Crippen LogP contribution in [0.15, 0.2) is 28.8 Å². The van der Waals surface area contributed by atoms with Gasteiger partial charge in [0.15, 0.2) is 0 Å². The molecule has 0 spiro atoms. The highest BCUT2D eigenvalue weighted by Crippen LogP contribution is 2.18. The number of nitrogens with zero attached hydrogens (tertiary/aromatic N) is 3. The van der Waals surface area contributed by atoms with Crippen molar-refractivity contribution in [2.45, 2.75) is 27.6 Å². The van der Waals surface area contributed by atoms with Gasteiger partial charge in [-0.05, 0) is 56.8 Å². The van der Waals surface area contributed by atoms with Crippen molar-refractivity contribution in [1.29, 1.82) is 0 Å². The van der Waals surface area contributed by atoms with E-state index in [0.29, 0.717) is 5.71 Å². The van der Waals surface area contributed by atoms with E-state index in [-0.39, 0.29) is 6.85 Å². The molecule has 0 saturated heterocycles. The highest BCUT2D eigenvalue weighted by molar-refractivity contribution is 6.76. The van der Waals surface area contributed by atoms with E-state index in [1.807, 2.05) is 13.0 Å². The molecular formula is C19H21BN3O+. The van der Waals surface area contributed by atoms with Crippen molar-refractivity contribution in [3.63, 3.8) is 0 Å². The second kappa shape index (κ2) is 5.23. The van der Waals surface area contributed by atoms with Gasteiger partial charge in [0.2, 0.25) is 5.71 Å². The minimum absolute atomic E-state index is 0.215. The molecule has 0 unspecified atom stereocenters. The third-order valence-corrected chi connectivity index (χ3v) is 4.84. The maximum absolute atomic E-state index is 5.97. The van der Waals surface area contributed by atoms with Gasteiger partial charge in [0.05, 0.1) is 30.0 Å². The first-order valence-corrected chi connectivity index (χ1v) is 8.29. The van der Waals surface area contributed by atoms with E-state index in [9.17, 15) is 0 Å². The van der Waals surface area contributed by atoms with Gasteiger partial charge in [0, 0.05) is 11.8 Å². The molecule has 3 aromatic rings. The first-order chi connectivity index (χ1) is 11.4. The zero-order valence-electron chi connectivity index (χ0n) is 14.8. The Balaban J connectivity index is 1.96. The van der Waals surface area contributed by atoms with Crippen LogP contribution in [0.3, 0.4) is 0 Å². The molecule has 3 aromatic heterocycles. The van der Waals surface area contributed by atoms with Crippen LogP contribution in [0.5, 0.6) is 0 Å². The molecule has 1 aliphatic heterocycles. The number of rotatable bonds is 1. The molecule has 0 radical (unpaired) electrons. The summed E-state index contributed by atoms with van der Waals surface area (Å²) in [5, 5.41) is 2.17. The number of aromatic nitrogens is 2. The van der Waals surface area contributed by atoms with Gasteiger partial charge in [-0.1, -0.05) is 0 Å². The monoisotopic (exact) mass is 318 g/mol. The molecule has 0 bridgehead atoms. The molecule has 4 rings (SSSR count). The molecule has 0 saturated carbocycles. The second-order valence-electron chi connectivity index (χ2n) is 6.74. The number of hydrogen-bond donors (Lipinski definition) is 0. The average molecular weight is 318 g/mol. The molecule has 4 nitrogen and oxygen atoms in total. The molecule has 0 fully saturated rings. The molecule has 0 atom stereocenters. The fourth-order valence-corrected chi connectivity index (χ4v) is 3.32. The summed E-state index contributed by atoms with van der Waals surface area (Å²) in [4.78, 5) is 6.81. The minimum atomic E-state index is 0.215. The fourth-order valence-electron chi connectivity index (χ4n) is 3.32. The zero-order valence-corrected chi connectivity index (χ0v) is 14.8. The zero-order chi connectivity index (χ0) is 17.0. The van der Waals surface area contributed by atoms with Crippen LogP contribution in [0.4, 0.5) is 5.82 Å². The number of furan rings is 1. The number of hydrogen-bond acceptors (Lipinski definition) is 3. The predicted octanol–water partition coefficient (Wildman–Crippen LogP) is 1.78. The third kappa shape index (κ3) is 2.23. The van der Waals surface area contributed by atoms with Gasteiger partial charge in [0.1, 0.15) is 5.42 Å². The average Bonchev–Trinajstić information content (AvgIpc) is 2.86. The summed E-state index contributed by atoms with van der Waals surface area (Å²) in [7, 11) is 2.09. The van der Waals surface area contributed by atoms with Crippen molar-refractivity contribution in [2.75, 3.05) is 4.81 Å². The highest BCUT2D eigenvalue weighted by Gasteiger charge is 2.29.